The van der Waals surface area contributed by atoms with E-state index in [0.29, 0.717) is 18.5 Å². The summed E-state index contributed by atoms with van der Waals surface area (Å²) in [5.41, 5.74) is 4.16. The number of amides is 1. The van der Waals surface area contributed by atoms with Crippen molar-refractivity contribution in [2.45, 2.75) is 13.3 Å². The van der Waals surface area contributed by atoms with E-state index in [2.05, 4.69) is 15.3 Å². The predicted octanol–water partition coefficient (Wildman–Crippen LogP) is 2.14. The topological polar surface area (TPSA) is 77.8 Å². The highest BCUT2D eigenvalue weighted by molar-refractivity contribution is 5.94. The Morgan fingerprint density at radius 1 is 1.09 bits per heavy atom. The molecule has 22 heavy (non-hydrogen) atoms. The maximum absolute atomic E-state index is 12.0. The highest BCUT2D eigenvalue weighted by Gasteiger charge is 2.05. The molecule has 2 aromatic carbocycles. The summed E-state index contributed by atoms with van der Waals surface area (Å²) >= 11 is 0. The Bertz CT molecular complexity index is 877. The zero-order valence-electron chi connectivity index (χ0n) is 12.3. The van der Waals surface area contributed by atoms with E-state index < -0.39 is 0 Å². The second kappa shape index (κ2) is 5.89. The fourth-order valence-electron chi connectivity index (χ4n) is 2.44. The van der Waals surface area contributed by atoms with Gasteiger partial charge in [-0.05, 0) is 43.2 Å². The van der Waals surface area contributed by atoms with E-state index in [0.717, 1.165) is 22.2 Å². The molecular weight excluding hydrogens is 278 g/mol. The van der Waals surface area contributed by atoms with Crippen molar-refractivity contribution in [2.75, 3.05) is 6.54 Å². The minimum Gasteiger partial charge on any atom is -0.352 e. The minimum atomic E-state index is -0.208. The van der Waals surface area contributed by atoms with Crippen LogP contribution in [0.3, 0.4) is 0 Å². The molecular formula is C17H17N3O2. The summed E-state index contributed by atoms with van der Waals surface area (Å²) in [6.45, 7) is 2.51. The fourth-order valence-corrected chi connectivity index (χ4v) is 2.44. The molecule has 3 aromatic rings. The van der Waals surface area contributed by atoms with Crippen molar-refractivity contribution in [2.24, 2.45) is 0 Å². The van der Waals surface area contributed by atoms with Crippen molar-refractivity contribution in [1.82, 2.24) is 15.3 Å². The van der Waals surface area contributed by atoms with Gasteiger partial charge in [-0.3, -0.25) is 4.79 Å². The standard InChI is InChI=1S/C17H17N3O2/c1-11-3-2-4-13(9-11)16(21)18-8-7-12-5-6-14-15(10-12)20-17(22)19-14/h2-6,9-10H,7-8H2,1H3,(H,18,21)(H2,19,20,22). The van der Waals surface area contributed by atoms with Crippen molar-refractivity contribution >= 4 is 16.9 Å². The molecule has 0 radical (unpaired) electrons. The van der Waals surface area contributed by atoms with Gasteiger partial charge < -0.3 is 15.3 Å². The van der Waals surface area contributed by atoms with Crippen molar-refractivity contribution in [3.05, 3.63) is 69.6 Å². The first kappa shape index (κ1) is 14.1. The van der Waals surface area contributed by atoms with Gasteiger partial charge in [-0.2, -0.15) is 0 Å². The molecule has 0 aliphatic carbocycles. The Hall–Kier alpha value is -2.82. The Morgan fingerprint density at radius 3 is 2.73 bits per heavy atom. The summed E-state index contributed by atoms with van der Waals surface area (Å²) in [6.07, 6.45) is 0.709. The number of aromatic nitrogens is 2. The largest absolute Gasteiger partial charge is 0.352 e. The van der Waals surface area contributed by atoms with Crippen LogP contribution in [0, 0.1) is 6.92 Å². The van der Waals surface area contributed by atoms with Gasteiger partial charge in [-0.1, -0.05) is 23.8 Å². The third-order valence-corrected chi connectivity index (χ3v) is 3.56. The first-order valence-corrected chi connectivity index (χ1v) is 7.17. The molecule has 112 valence electrons. The van der Waals surface area contributed by atoms with Crippen LogP contribution in [-0.2, 0) is 6.42 Å². The number of nitrogens with one attached hydrogen (secondary N) is 3. The maximum Gasteiger partial charge on any atom is 0.323 e. The van der Waals surface area contributed by atoms with Gasteiger partial charge in [0.2, 0.25) is 0 Å². The Morgan fingerprint density at radius 2 is 1.91 bits per heavy atom. The molecule has 0 bridgehead atoms. The lowest BCUT2D eigenvalue weighted by atomic mass is 10.1. The zero-order chi connectivity index (χ0) is 15.5. The van der Waals surface area contributed by atoms with Crippen LogP contribution < -0.4 is 11.0 Å². The molecule has 5 heteroatoms. The first-order chi connectivity index (χ1) is 10.6. The summed E-state index contributed by atoms with van der Waals surface area (Å²) in [7, 11) is 0. The van der Waals surface area contributed by atoms with Crippen LogP contribution >= 0.6 is 0 Å². The van der Waals surface area contributed by atoms with E-state index in [9.17, 15) is 9.59 Å². The summed E-state index contributed by atoms with van der Waals surface area (Å²) in [6, 6.07) is 13.2. The van der Waals surface area contributed by atoms with Crippen LogP contribution in [0.25, 0.3) is 11.0 Å². The molecule has 0 spiro atoms. The Labute approximate surface area is 127 Å². The molecule has 3 N–H and O–H groups in total. The van der Waals surface area contributed by atoms with E-state index >= 15 is 0 Å². The lowest BCUT2D eigenvalue weighted by molar-refractivity contribution is 0.0954. The van der Waals surface area contributed by atoms with Crippen LogP contribution in [-0.4, -0.2) is 22.4 Å². The Balaban J connectivity index is 1.62. The van der Waals surface area contributed by atoms with Gasteiger partial charge in [0.1, 0.15) is 0 Å². The maximum atomic E-state index is 12.0. The second-order valence-electron chi connectivity index (χ2n) is 5.33. The van der Waals surface area contributed by atoms with Crippen molar-refractivity contribution in [3.8, 4) is 0 Å². The molecule has 1 aromatic heterocycles. The summed E-state index contributed by atoms with van der Waals surface area (Å²) in [4.78, 5) is 28.7. The monoisotopic (exact) mass is 295 g/mol. The third-order valence-electron chi connectivity index (χ3n) is 3.56. The Kier molecular flexibility index (Phi) is 3.78. The smallest absolute Gasteiger partial charge is 0.323 e. The number of hydrogen-bond donors (Lipinski definition) is 3. The van der Waals surface area contributed by atoms with Crippen LogP contribution in [0.15, 0.2) is 47.3 Å². The zero-order valence-corrected chi connectivity index (χ0v) is 12.3. The number of H-pyrrole nitrogens is 2. The van der Waals surface area contributed by atoms with Gasteiger partial charge in [-0.15, -0.1) is 0 Å². The van der Waals surface area contributed by atoms with E-state index in [1.807, 2.05) is 43.3 Å². The average Bonchev–Trinajstić information content (AvgIpc) is 2.86. The SMILES string of the molecule is Cc1cccc(C(=O)NCCc2ccc3[nH]c(=O)[nH]c3c2)c1. The number of benzene rings is 2. The van der Waals surface area contributed by atoms with E-state index in [1.54, 1.807) is 6.07 Å². The lowest BCUT2D eigenvalue weighted by Gasteiger charge is -2.06. The van der Waals surface area contributed by atoms with Gasteiger partial charge in [-0.25, -0.2) is 4.79 Å². The molecule has 3 rings (SSSR count). The molecule has 0 saturated carbocycles. The number of rotatable bonds is 4. The molecule has 0 unspecified atom stereocenters. The number of fused-ring (bicyclic) bond motifs is 1. The normalized spacial score (nSPS) is 10.8. The number of aromatic amines is 2. The van der Waals surface area contributed by atoms with Crippen LogP contribution in [0.4, 0.5) is 0 Å². The molecule has 0 atom stereocenters. The van der Waals surface area contributed by atoms with Crippen LogP contribution in [0.1, 0.15) is 21.5 Å². The molecule has 0 aliphatic rings. The van der Waals surface area contributed by atoms with Gasteiger partial charge in [0.05, 0.1) is 11.0 Å². The number of aryl methyl sites for hydroxylation is 1. The summed E-state index contributed by atoms with van der Waals surface area (Å²) < 4.78 is 0. The number of carbonyl (C=O) groups is 1. The summed E-state index contributed by atoms with van der Waals surface area (Å²) in [5, 5.41) is 2.91. The highest BCUT2D eigenvalue weighted by Crippen LogP contribution is 2.10. The summed E-state index contributed by atoms with van der Waals surface area (Å²) in [5.74, 6) is -0.0696. The number of hydrogen-bond acceptors (Lipinski definition) is 2. The van der Waals surface area contributed by atoms with E-state index in [4.69, 9.17) is 0 Å². The second-order valence-corrected chi connectivity index (χ2v) is 5.33. The van der Waals surface area contributed by atoms with Crippen molar-refractivity contribution in [3.63, 3.8) is 0 Å². The van der Waals surface area contributed by atoms with Crippen molar-refractivity contribution < 1.29 is 4.79 Å². The molecule has 5 nitrogen and oxygen atoms in total. The van der Waals surface area contributed by atoms with Gasteiger partial charge in [0, 0.05) is 12.1 Å². The number of imidazole rings is 1. The average molecular weight is 295 g/mol. The molecule has 0 fully saturated rings. The van der Waals surface area contributed by atoms with Crippen LogP contribution in [0.5, 0.6) is 0 Å². The van der Waals surface area contributed by atoms with Gasteiger partial charge >= 0.3 is 5.69 Å². The predicted molar refractivity (Wildman–Crippen MR) is 86.1 cm³/mol. The molecule has 0 saturated heterocycles. The minimum absolute atomic E-state index is 0.0696. The first-order valence-electron chi connectivity index (χ1n) is 7.17. The van der Waals surface area contributed by atoms with Crippen molar-refractivity contribution in [1.29, 1.82) is 0 Å². The lowest BCUT2D eigenvalue weighted by Crippen LogP contribution is -2.25. The fraction of sp³-hybridized carbons (Fsp3) is 0.176. The number of carbonyl (C=O) groups excluding carboxylic acids is 1. The third kappa shape index (κ3) is 3.09. The molecule has 1 heterocycles. The van der Waals surface area contributed by atoms with Gasteiger partial charge in [0.25, 0.3) is 5.91 Å². The quantitative estimate of drug-likeness (QED) is 0.689. The highest BCUT2D eigenvalue weighted by atomic mass is 16.1. The molecule has 0 aliphatic heterocycles. The van der Waals surface area contributed by atoms with E-state index in [1.165, 1.54) is 0 Å². The van der Waals surface area contributed by atoms with E-state index in [-0.39, 0.29) is 11.6 Å². The molecule has 1 amide bonds. The van der Waals surface area contributed by atoms with Crippen LogP contribution in [0.2, 0.25) is 0 Å². The van der Waals surface area contributed by atoms with Gasteiger partial charge in [0.15, 0.2) is 0 Å².